The topological polar surface area (TPSA) is 230 Å². The molecule has 1 aliphatic carbocycles. The molecule has 12 heteroatoms. The van der Waals surface area contributed by atoms with Crippen LogP contribution in [0.15, 0.2) is 41.7 Å². The number of aliphatic hydroxyl groups excluding tert-OH is 6. The molecule has 33 heavy (non-hydrogen) atoms. The number of hydrogen-bond donors (Lipinski definition) is 8. The van der Waals surface area contributed by atoms with E-state index in [0.717, 1.165) is 6.08 Å². The molecule has 1 fully saturated rings. The predicted molar refractivity (Wildman–Crippen MR) is 108 cm³/mol. The summed E-state index contributed by atoms with van der Waals surface area (Å²) in [6.45, 7) is -1.08. The molecule has 1 saturated carbocycles. The number of carbonyl (C=O) groups is 4. The highest BCUT2D eigenvalue weighted by Gasteiger charge is 2.59. The maximum atomic E-state index is 12.8. The summed E-state index contributed by atoms with van der Waals surface area (Å²) in [5.41, 5.74) is -4.38. The average Bonchev–Trinajstić information content (AvgIpc) is 2.79. The van der Waals surface area contributed by atoms with Crippen molar-refractivity contribution in [3.8, 4) is 5.75 Å². The van der Waals surface area contributed by atoms with Gasteiger partial charge in [-0.25, -0.2) is 0 Å². The minimum Gasteiger partial charge on any atom is -0.508 e. The fraction of sp³-hybridized carbons (Fsp3) is 0.333. The third kappa shape index (κ3) is 5.06. The van der Waals surface area contributed by atoms with Crippen LogP contribution in [0.5, 0.6) is 5.75 Å². The maximum absolute atomic E-state index is 12.8. The van der Waals surface area contributed by atoms with Crippen LogP contribution in [0.25, 0.3) is 6.08 Å². The average molecular weight is 466 g/mol. The molecule has 0 unspecified atom stereocenters. The number of aliphatic hydroxyl groups is 7. The number of allylic oxidation sites excluding steroid dienone is 1. The third-order valence-corrected chi connectivity index (χ3v) is 5.02. The van der Waals surface area contributed by atoms with Gasteiger partial charge in [0.1, 0.15) is 41.5 Å². The lowest BCUT2D eigenvalue weighted by Crippen LogP contribution is -2.64. The quantitative estimate of drug-likeness (QED) is 0.0833. The van der Waals surface area contributed by atoms with Gasteiger partial charge in [0.25, 0.3) is 0 Å². The molecule has 0 saturated heterocycles. The van der Waals surface area contributed by atoms with E-state index in [9.17, 15) is 54.9 Å². The van der Waals surface area contributed by atoms with Crippen LogP contribution in [0.4, 0.5) is 0 Å². The van der Waals surface area contributed by atoms with Crippen molar-refractivity contribution in [2.45, 2.75) is 36.4 Å². The number of aromatic hydroxyl groups is 1. The van der Waals surface area contributed by atoms with E-state index in [4.69, 9.17) is 5.11 Å². The Morgan fingerprint density at radius 1 is 1.03 bits per heavy atom. The standard InChI is InChI=1S/C21H22O12/c22-8-13(26)16(28)17(29)18(30)20(32)21(33)14(27)7-12(25)15(19(21)31)11(24)6-3-9-1-4-10(23)5-2-9/h1-6,13,16-18,22-24,26,28-30,33H,7-8H2/b6-3+,15-11?/t13-,16-,17+,18-,21-/m1/s1. The van der Waals surface area contributed by atoms with Gasteiger partial charge < -0.3 is 40.9 Å². The molecule has 5 atom stereocenters. The molecule has 0 aromatic heterocycles. The highest BCUT2D eigenvalue weighted by atomic mass is 16.4. The Hall–Kier alpha value is -3.26. The van der Waals surface area contributed by atoms with Gasteiger partial charge in [-0.15, -0.1) is 0 Å². The summed E-state index contributed by atoms with van der Waals surface area (Å²) in [7, 11) is 0. The summed E-state index contributed by atoms with van der Waals surface area (Å²) in [6, 6.07) is 5.46. The maximum Gasteiger partial charge on any atom is 0.248 e. The second kappa shape index (κ2) is 10.1. The largest absolute Gasteiger partial charge is 0.508 e. The fourth-order valence-electron chi connectivity index (χ4n) is 3.04. The minimum atomic E-state index is -3.67. The number of ketones is 4. The first-order valence-electron chi connectivity index (χ1n) is 9.47. The second-order valence-corrected chi connectivity index (χ2v) is 7.29. The van der Waals surface area contributed by atoms with Crippen molar-refractivity contribution < 1.29 is 60.0 Å². The number of hydrogen-bond acceptors (Lipinski definition) is 12. The monoisotopic (exact) mass is 466 g/mol. The highest BCUT2D eigenvalue weighted by Crippen LogP contribution is 2.29. The van der Waals surface area contributed by atoms with Gasteiger partial charge in [0.2, 0.25) is 17.2 Å². The zero-order chi connectivity index (χ0) is 25.1. The van der Waals surface area contributed by atoms with Gasteiger partial charge >= 0.3 is 0 Å². The van der Waals surface area contributed by atoms with Crippen LogP contribution in [0.2, 0.25) is 0 Å². The normalized spacial score (nSPS) is 24.5. The molecule has 0 spiro atoms. The Labute approximate surface area is 186 Å². The summed E-state index contributed by atoms with van der Waals surface area (Å²) in [6.07, 6.45) is -8.76. The lowest BCUT2D eigenvalue weighted by molar-refractivity contribution is -0.172. The van der Waals surface area contributed by atoms with E-state index in [-0.39, 0.29) is 5.75 Å². The van der Waals surface area contributed by atoms with E-state index < -0.39 is 77.5 Å². The molecule has 0 heterocycles. The van der Waals surface area contributed by atoms with E-state index in [0.29, 0.717) is 5.56 Å². The molecule has 1 aliphatic rings. The number of phenols is 1. The molecule has 12 nitrogen and oxygen atoms in total. The summed E-state index contributed by atoms with van der Waals surface area (Å²) in [4.78, 5) is 49.8. The number of rotatable bonds is 8. The van der Waals surface area contributed by atoms with Crippen molar-refractivity contribution in [1.29, 1.82) is 0 Å². The summed E-state index contributed by atoms with van der Waals surface area (Å²) in [5.74, 6) is -7.78. The van der Waals surface area contributed by atoms with Crippen molar-refractivity contribution in [2.75, 3.05) is 6.61 Å². The predicted octanol–water partition coefficient (Wildman–Crippen LogP) is -2.94. The summed E-state index contributed by atoms with van der Waals surface area (Å²) < 4.78 is 0. The van der Waals surface area contributed by atoms with Gasteiger partial charge in [-0.05, 0) is 23.8 Å². The first-order valence-corrected chi connectivity index (χ1v) is 9.47. The summed E-state index contributed by atoms with van der Waals surface area (Å²) >= 11 is 0. The molecule has 8 N–H and O–H groups in total. The van der Waals surface area contributed by atoms with Crippen LogP contribution in [0.1, 0.15) is 12.0 Å². The molecule has 0 aliphatic heterocycles. The van der Waals surface area contributed by atoms with Crippen LogP contribution in [0.3, 0.4) is 0 Å². The zero-order valence-electron chi connectivity index (χ0n) is 16.9. The van der Waals surface area contributed by atoms with Crippen molar-refractivity contribution in [1.82, 2.24) is 0 Å². The SMILES string of the molecule is O=C1CC(=O)[C@](O)(C(=O)[C@H](O)[C@@H](O)[C@H](O)[C@H](O)CO)C(=O)C1=C(O)/C=C/c1ccc(O)cc1. The minimum absolute atomic E-state index is 0.0492. The van der Waals surface area contributed by atoms with E-state index in [1.165, 1.54) is 30.3 Å². The highest BCUT2D eigenvalue weighted by molar-refractivity contribution is 6.45. The molecule has 0 bridgehead atoms. The molecular weight excluding hydrogens is 444 g/mol. The van der Waals surface area contributed by atoms with E-state index in [1.54, 1.807) is 0 Å². The smallest absolute Gasteiger partial charge is 0.248 e. The molecule has 1 aromatic carbocycles. The van der Waals surface area contributed by atoms with Crippen LogP contribution in [-0.2, 0) is 19.2 Å². The van der Waals surface area contributed by atoms with Crippen LogP contribution >= 0.6 is 0 Å². The van der Waals surface area contributed by atoms with Crippen molar-refractivity contribution in [2.24, 2.45) is 0 Å². The lowest BCUT2D eigenvalue weighted by atomic mass is 9.73. The Bertz CT molecular complexity index is 1010. The Balaban J connectivity index is 2.41. The molecule has 1 aromatic rings. The number of carbonyl (C=O) groups excluding carboxylic acids is 4. The lowest BCUT2D eigenvalue weighted by Gasteiger charge is -2.32. The molecule has 178 valence electrons. The van der Waals surface area contributed by atoms with Gasteiger partial charge in [-0.2, -0.15) is 0 Å². The second-order valence-electron chi connectivity index (χ2n) is 7.29. The molecule has 2 rings (SSSR count). The van der Waals surface area contributed by atoms with Crippen molar-refractivity contribution in [3.05, 3.63) is 47.2 Å². The van der Waals surface area contributed by atoms with Gasteiger partial charge in [0, 0.05) is 0 Å². The van der Waals surface area contributed by atoms with E-state index >= 15 is 0 Å². The fourth-order valence-corrected chi connectivity index (χ4v) is 3.04. The number of phenolic OH excluding ortho intramolecular Hbond substituents is 1. The van der Waals surface area contributed by atoms with Crippen LogP contribution < -0.4 is 0 Å². The van der Waals surface area contributed by atoms with Crippen molar-refractivity contribution in [3.63, 3.8) is 0 Å². The molecule has 0 radical (unpaired) electrons. The van der Waals surface area contributed by atoms with Gasteiger partial charge in [0.05, 0.1) is 13.0 Å². The van der Waals surface area contributed by atoms with E-state index in [1.807, 2.05) is 0 Å². The van der Waals surface area contributed by atoms with Crippen LogP contribution in [0, 0.1) is 0 Å². The Morgan fingerprint density at radius 3 is 2.15 bits per heavy atom. The molecule has 0 amide bonds. The zero-order valence-corrected chi connectivity index (χ0v) is 16.9. The van der Waals surface area contributed by atoms with Gasteiger partial charge in [0.15, 0.2) is 11.6 Å². The van der Waals surface area contributed by atoms with E-state index in [2.05, 4.69) is 0 Å². The number of benzene rings is 1. The first kappa shape index (κ1) is 26.0. The van der Waals surface area contributed by atoms with Gasteiger partial charge in [-0.1, -0.05) is 18.2 Å². The Kier molecular flexibility index (Phi) is 7.97. The first-order chi connectivity index (χ1) is 15.4. The van der Waals surface area contributed by atoms with Crippen molar-refractivity contribution >= 4 is 29.2 Å². The number of Topliss-reactive ketones (excluding diaryl/α,β-unsaturated/α-hetero) is 4. The third-order valence-electron chi connectivity index (χ3n) is 5.02. The summed E-state index contributed by atoms with van der Waals surface area (Å²) in [5, 5.41) is 77.7. The Morgan fingerprint density at radius 2 is 1.61 bits per heavy atom. The van der Waals surface area contributed by atoms with Crippen LogP contribution in [-0.4, -0.2) is 101 Å². The molecular formula is C21H22O12. The van der Waals surface area contributed by atoms with Gasteiger partial charge in [-0.3, -0.25) is 19.2 Å².